The fourth-order valence-corrected chi connectivity index (χ4v) is 3.26. The summed E-state index contributed by atoms with van der Waals surface area (Å²) in [4.78, 5) is 16.4. The van der Waals surface area contributed by atoms with Gasteiger partial charge < -0.3 is 15.5 Å². The van der Waals surface area contributed by atoms with Gasteiger partial charge in [0.05, 0.1) is 5.75 Å². The normalized spacial score (nSPS) is 17.8. The van der Waals surface area contributed by atoms with Crippen LogP contribution in [0.2, 0.25) is 0 Å². The maximum atomic E-state index is 12.0. The molecule has 1 saturated heterocycles. The Hall–Kier alpha value is 0.320. The number of nitrogens with two attached hydrogens (primary N) is 1. The first-order chi connectivity index (χ1) is 8.72. The molecule has 0 aromatic heterocycles. The fourth-order valence-electron chi connectivity index (χ4n) is 2.38. The molecule has 4 nitrogen and oxygen atoms in total. The molecule has 1 amide bonds. The fraction of sp³-hybridized carbons (Fsp3) is 0.923. The van der Waals surface area contributed by atoms with Crippen molar-refractivity contribution in [3.8, 4) is 0 Å². The highest BCUT2D eigenvalue weighted by Crippen LogP contribution is 2.17. The highest BCUT2D eigenvalue weighted by Gasteiger charge is 2.26. The lowest BCUT2D eigenvalue weighted by Gasteiger charge is -2.23. The molecule has 1 aliphatic heterocycles. The highest BCUT2D eigenvalue weighted by atomic mass is 35.5. The van der Waals surface area contributed by atoms with Gasteiger partial charge >= 0.3 is 0 Å². The number of rotatable bonds is 8. The number of nitrogens with zero attached hydrogens (tertiary/aromatic N) is 2. The first-order valence-electron chi connectivity index (χ1n) is 7.02. The number of thioether (sulfide) groups is 1. The standard InChI is InChI=1S/C13H27N3OS.2ClH/c1-3-15(4-2)8-9-18-11-13(17)16-7-5-6-12(16)10-14;;/h12H,3-11,14H2,1-2H3;2*1H. The van der Waals surface area contributed by atoms with Gasteiger partial charge in [0.2, 0.25) is 5.91 Å². The number of likely N-dealkylation sites (tertiary alicyclic amines) is 1. The van der Waals surface area contributed by atoms with E-state index in [-0.39, 0.29) is 30.7 Å². The van der Waals surface area contributed by atoms with Crippen molar-refractivity contribution in [2.75, 3.05) is 44.2 Å². The second-order valence-corrected chi connectivity index (χ2v) is 5.80. The zero-order chi connectivity index (χ0) is 13.4. The van der Waals surface area contributed by atoms with Crippen LogP contribution in [0.5, 0.6) is 0 Å². The van der Waals surface area contributed by atoms with E-state index in [1.807, 2.05) is 4.90 Å². The molecule has 0 radical (unpaired) electrons. The van der Waals surface area contributed by atoms with E-state index in [0.29, 0.717) is 18.3 Å². The number of hydrogen-bond donors (Lipinski definition) is 1. The van der Waals surface area contributed by atoms with E-state index in [0.717, 1.165) is 44.8 Å². The predicted octanol–water partition coefficient (Wildman–Crippen LogP) is 1.85. The van der Waals surface area contributed by atoms with Crippen LogP contribution in [0.1, 0.15) is 26.7 Å². The minimum Gasteiger partial charge on any atom is -0.338 e. The van der Waals surface area contributed by atoms with Crippen molar-refractivity contribution in [3.05, 3.63) is 0 Å². The lowest BCUT2D eigenvalue weighted by Crippen LogP contribution is -2.41. The van der Waals surface area contributed by atoms with Crippen LogP contribution < -0.4 is 5.73 Å². The second kappa shape index (κ2) is 13.0. The van der Waals surface area contributed by atoms with Crippen LogP contribution in [0.15, 0.2) is 0 Å². The highest BCUT2D eigenvalue weighted by molar-refractivity contribution is 7.99. The van der Waals surface area contributed by atoms with Crippen molar-refractivity contribution in [2.45, 2.75) is 32.7 Å². The van der Waals surface area contributed by atoms with Crippen molar-refractivity contribution in [3.63, 3.8) is 0 Å². The van der Waals surface area contributed by atoms with Gasteiger partial charge in [-0.05, 0) is 25.9 Å². The smallest absolute Gasteiger partial charge is 0.232 e. The Morgan fingerprint density at radius 3 is 2.55 bits per heavy atom. The quantitative estimate of drug-likeness (QED) is 0.682. The van der Waals surface area contributed by atoms with Gasteiger partial charge in [-0.15, -0.1) is 24.8 Å². The van der Waals surface area contributed by atoms with Gasteiger partial charge in [-0.25, -0.2) is 0 Å². The van der Waals surface area contributed by atoms with E-state index in [9.17, 15) is 4.79 Å². The van der Waals surface area contributed by atoms with Crippen LogP contribution >= 0.6 is 36.6 Å². The third-order valence-corrected chi connectivity index (χ3v) is 4.56. The molecule has 1 atom stereocenters. The van der Waals surface area contributed by atoms with Gasteiger partial charge in [-0.1, -0.05) is 13.8 Å². The lowest BCUT2D eigenvalue weighted by molar-refractivity contribution is -0.128. The van der Waals surface area contributed by atoms with Crippen molar-refractivity contribution in [2.24, 2.45) is 5.73 Å². The summed E-state index contributed by atoms with van der Waals surface area (Å²) >= 11 is 1.75. The number of carbonyl (C=O) groups is 1. The first kappa shape index (κ1) is 22.6. The van der Waals surface area contributed by atoms with Gasteiger partial charge in [0, 0.05) is 31.4 Å². The molecule has 0 spiro atoms. The largest absolute Gasteiger partial charge is 0.338 e. The van der Waals surface area contributed by atoms with Gasteiger partial charge in [-0.3, -0.25) is 4.79 Å². The van der Waals surface area contributed by atoms with E-state index in [1.54, 1.807) is 11.8 Å². The molecule has 1 heterocycles. The maximum Gasteiger partial charge on any atom is 0.232 e. The number of hydrogen-bond acceptors (Lipinski definition) is 4. The molecule has 1 aliphatic rings. The van der Waals surface area contributed by atoms with Gasteiger partial charge in [0.1, 0.15) is 0 Å². The molecule has 0 bridgehead atoms. The third-order valence-electron chi connectivity index (χ3n) is 3.64. The van der Waals surface area contributed by atoms with E-state index < -0.39 is 0 Å². The van der Waals surface area contributed by atoms with E-state index in [2.05, 4.69) is 18.7 Å². The van der Waals surface area contributed by atoms with Crippen molar-refractivity contribution < 1.29 is 4.79 Å². The van der Waals surface area contributed by atoms with Crippen LogP contribution in [0.4, 0.5) is 0 Å². The summed E-state index contributed by atoms with van der Waals surface area (Å²) in [6, 6.07) is 0.292. The Balaban J connectivity index is 0. The van der Waals surface area contributed by atoms with Crippen molar-refractivity contribution in [1.29, 1.82) is 0 Å². The van der Waals surface area contributed by atoms with Crippen LogP contribution in [-0.4, -0.2) is 66.0 Å². The van der Waals surface area contributed by atoms with Gasteiger partial charge in [0.15, 0.2) is 0 Å². The summed E-state index contributed by atoms with van der Waals surface area (Å²) in [5.74, 6) is 1.92. The molecule has 0 saturated carbocycles. The minimum atomic E-state index is 0. The molecular weight excluding hydrogens is 317 g/mol. The summed E-state index contributed by atoms with van der Waals surface area (Å²) < 4.78 is 0. The Kier molecular flexibility index (Phi) is 14.7. The molecule has 1 fully saturated rings. The molecule has 7 heteroatoms. The summed E-state index contributed by atoms with van der Waals surface area (Å²) in [5.41, 5.74) is 5.69. The average Bonchev–Trinajstić information content (AvgIpc) is 2.87. The summed E-state index contributed by atoms with van der Waals surface area (Å²) in [6.07, 6.45) is 2.18. The second-order valence-electron chi connectivity index (χ2n) is 4.70. The summed E-state index contributed by atoms with van der Waals surface area (Å²) in [6.45, 7) is 9.11. The minimum absolute atomic E-state index is 0. The van der Waals surface area contributed by atoms with Crippen molar-refractivity contribution in [1.82, 2.24) is 9.80 Å². The molecule has 0 aliphatic carbocycles. The Labute approximate surface area is 140 Å². The molecule has 1 unspecified atom stereocenters. The molecule has 20 heavy (non-hydrogen) atoms. The van der Waals surface area contributed by atoms with Gasteiger partial charge in [-0.2, -0.15) is 11.8 Å². The van der Waals surface area contributed by atoms with E-state index in [1.165, 1.54) is 0 Å². The lowest BCUT2D eigenvalue weighted by atomic mass is 10.2. The molecule has 2 N–H and O–H groups in total. The molecular formula is C13H29Cl2N3OS. The van der Waals surface area contributed by atoms with Gasteiger partial charge in [0.25, 0.3) is 0 Å². The van der Waals surface area contributed by atoms with Crippen LogP contribution in [0, 0.1) is 0 Å². The zero-order valence-electron chi connectivity index (χ0n) is 12.5. The topological polar surface area (TPSA) is 49.6 Å². The number of carbonyl (C=O) groups excluding carboxylic acids is 1. The van der Waals surface area contributed by atoms with Crippen LogP contribution in [0.3, 0.4) is 0 Å². The third kappa shape index (κ3) is 7.36. The Bertz CT molecular complexity index is 256. The molecule has 0 aromatic carbocycles. The summed E-state index contributed by atoms with van der Waals surface area (Å²) in [5, 5.41) is 0. The van der Waals surface area contributed by atoms with Crippen molar-refractivity contribution >= 4 is 42.5 Å². The molecule has 0 aromatic rings. The van der Waals surface area contributed by atoms with E-state index in [4.69, 9.17) is 5.73 Å². The number of halogens is 2. The Morgan fingerprint density at radius 2 is 2.00 bits per heavy atom. The maximum absolute atomic E-state index is 12.0. The SMILES string of the molecule is CCN(CC)CCSCC(=O)N1CCCC1CN.Cl.Cl. The monoisotopic (exact) mass is 345 g/mol. The Morgan fingerprint density at radius 1 is 1.35 bits per heavy atom. The molecule has 1 rings (SSSR count). The number of amides is 1. The van der Waals surface area contributed by atoms with Crippen LogP contribution in [-0.2, 0) is 4.79 Å². The molecule has 122 valence electrons. The predicted molar refractivity (Wildman–Crippen MR) is 93.4 cm³/mol. The van der Waals surface area contributed by atoms with E-state index >= 15 is 0 Å². The first-order valence-corrected chi connectivity index (χ1v) is 8.18. The summed E-state index contributed by atoms with van der Waals surface area (Å²) in [7, 11) is 0. The van der Waals surface area contributed by atoms with Crippen LogP contribution in [0.25, 0.3) is 0 Å². The zero-order valence-corrected chi connectivity index (χ0v) is 15.0. The average molecular weight is 346 g/mol.